The number of nitrogens with two attached hydrogens (primary N) is 1. The Morgan fingerprint density at radius 2 is 1.64 bits per heavy atom. The fourth-order valence-electron chi connectivity index (χ4n) is 4.93. The summed E-state index contributed by atoms with van der Waals surface area (Å²) in [4.78, 5) is 38.2. The zero-order chi connectivity index (χ0) is 29.0. The van der Waals surface area contributed by atoms with E-state index >= 15 is 0 Å². The molecular weight excluding hydrogens is 562 g/mol. The van der Waals surface area contributed by atoms with Gasteiger partial charge in [0, 0.05) is 43.4 Å². The van der Waals surface area contributed by atoms with Gasteiger partial charge in [0.2, 0.25) is 11.8 Å². The Bertz CT molecular complexity index is 1190. The fraction of sp³-hybridized carbons (Fsp3) is 0.516. The van der Waals surface area contributed by atoms with Gasteiger partial charge in [0.25, 0.3) is 5.91 Å². The number of nitrogens with one attached hydrogen (secondary N) is 1. The highest BCUT2D eigenvalue weighted by Gasteiger charge is 2.40. The maximum absolute atomic E-state index is 12.9. The van der Waals surface area contributed by atoms with Gasteiger partial charge in [0.1, 0.15) is 24.1 Å². The summed E-state index contributed by atoms with van der Waals surface area (Å²) in [5, 5.41) is 2.32. The largest absolute Gasteiger partial charge is 0.494 e. The van der Waals surface area contributed by atoms with Gasteiger partial charge < -0.3 is 29.6 Å². The third-order valence-corrected chi connectivity index (χ3v) is 7.19. The number of piperidine rings is 1. The van der Waals surface area contributed by atoms with Crippen LogP contribution in [0, 0.1) is 0 Å². The Morgan fingerprint density at radius 3 is 2.43 bits per heavy atom. The number of carbonyl (C=O) groups is 3. The van der Waals surface area contributed by atoms with Crippen LogP contribution in [0.4, 0.5) is 0 Å². The molecule has 3 amide bonds. The van der Waals surface area contributed by atoms with Crippen LogP contribution in [0.5, 0.6) is 11.5 Å². The van der Waals surface area contributed by atoms with E-state index in [-0.39, 0.29) is 43.2 Å². The molecule has 2 atom stereocenters. The van der Waals surface area contributed by atoms with Gasteiger partial charge in [-0.25, -0.2) is 0 Å². The highest BCUT2D eigenvalue weighted by atomic mass is 35.5. The van der Waals surface area contributed by atoms with Crippen LogP contribution in [0.15, 0.2) is 42.5 Å². The molecule has 230 valence electrons. The summed E-state index contributed by atoms with van der Waals surface area (Å²) in [7, 11) is 0. The molecule has 2 unspecified atom stereocenters. The number of hydrogen-bond donors (Lipinski definition) is 2. The van der Waals surface area contributed by atoms with Crippen molar-refractivity contribution in [3.63, 3.8) is 0 Å². The van der Waals surface area contributed by atoms with E-state index < -0.39 is 11.9 Å². The van der Waals surface area contributed by atoms with Crippen LogP contribution in [0.3, 0.4) is 0 Å². The molecule has 0 aliphatic carbocycles. The van der Waals surface area contributed by atoms with Gasteiger partial charge in [-0.2, -0.15) is 0 Å². The SMILES string of the molecule is CC(N)c1cccc(OCCCCCOCCCOCCOc2cccc3c2CN(C2CCC(=O)NC2=O)C3=O)c1.Cl. The lowest BCUT2D eigenvalue weighted by Crippen LogP contribution is -2.52. The van der Waals surface area contributed by atoms with E-state index in [0.717, 1.165) is 49.2 Å². The van der Waals surface area contributed by atoms with E-state index in [1.54, 1.807) is 12.1 Å². The predicted octanol–water partition coefficient (Wildman–Crippen LogP) is 3.94. The van der Waals surface area contributed by atoms with Crippen molar-refractivity contribution in [3.8, 4) is 11.5 Å². The zero-order valence-electron chi connectivity index (χ0n) is 24.2. The van der Waals surface area contributed by atoms with E-state index in [2.05, 4.69) is 5.32 Å². The maximum Gasteiger partial charge on any atom is 0.255 e. The average molecular weight is 604 g/mol. The van der Waals surface area contributed by atoms with Crippen molar-refractivity contribution in [2.24, 2.45) is 5.73 Å². The van der Waals surface area contributed by atoms with Gasteiger partial charge in [0.15, 0.2) is 0 Å². The van der Waals surface area contributed by atoms with Gasteiger partial charge in [-0.05, 0) is 68.9 Å². The molecule has 3 N–H and O–H groups in total. The predicted molar refractivity (Wildman–Crippen MR) is 160 cm³/mol. The zero-order valence-corrected chi connectivity index (χ0v) is 25.0. The van der Waals surface area contributed by atoms with E-state index in [9.17, 15) is 14.4 Å². The summed E-state index contributed by atoms with van der Waals surface area (Å²) in [5.41, 5.74) is 8.29. The molecule has 0 saturated carbocycles. The normalized spacial score (nSPS) is 17.0. The first kappa shape index (κ1) is 33.3. The van der Waals surface area contributed by atoms with Crippen molar-refractivity contribution in [2.45, 2.75) is 64.1 Å². The summed E-state index contributed by atoms with van der Waals surface area (Å²) in [5.74, 6) is 0.534. The molecule has 2 heterocycles. The van der Waals surface area contributed by atoms with Crippen LogP contribution in [-0.4, -0.2) is 68.3 Å². The topological polar surface area (TPSA) is 129 Å². The number of carbonyl (C=O) groups excluding carboxylic acids is 3. The Morgan fingerprint density at radius 1 is 0.905 bits per heavy atom. The molecule has 0 radical (unpaired) electrons. The molecule has 0 aromatic heterocycles. The smallest absolute Gasteiger partial charge is 0.255 e. The van der Waals surface area contributed by atoms with Crippen molar-refractivity contribution < 1.29 is 33.3 Å². The van der Waals surface area contributed by atoms with E-state index in [0.29, 0.717) is 50.8 Å². The average Bonchev–Trinajstić information content (AvgIpc) is 3.30. The first-order valence-electron chi connectivity index (χ1n) is 14.5. The molecule has 1 saturated heterocycles. The van der Waals surface area contributed by atoms with Gasteiger partial charge in [-0.3, -0.25) is 19.7 Å². The maximum atomic E-state index is 12.9. The highest BCUT2D eigenvalue weighted by molar-refractivity contribution is 6.05. The van der Waals surface area contributed by atoms with Gasteiger partial charge in [0.05, 0.1) is 19.8 Å². The third-order valence-electron chi connectivity index (χ3n) is 7.19. The molecule has 1 fully saturated rings. The lowest BCUT2D eigenvalue weighted by atomic mass is 10.0. The van der Waals surface area contributed by atoms with Gasteiger partial charge in [-0.1, -0.05) is 18.2 Å². The van der Waals surface area contributed by atoms with Crippen molar-refractivity contribution in [3.05, 3.63) is 59.2 Å². The summed E-state index contributed by atoms with van der Waals surface area (Å²) >= 11 is 0. The van der Waals surface area contributed by atoms with Crippen LogP contribution in [0.25, 0.3) is 0 Å². The standard InChI is InChI=1S/C31H41N3O7.ClH/c1-22(32)23-8-5-9-24(20-23)40-17-4-2-3-14-38-15-7-16-39-18-19-41-28-11-6-10-25-26(28)21-34(31(25)37)27-12-13-29(35)33-30(27)36;/h5-6,8-11,20,22,27H,2-4,7,12-19,21,32H2,1H3,(H,33,35,36);1H. The molecule has 2 aromatic rings. The van der Waals surface area contributed by atoms with Crippen LogP contribution in [-0.2, 0) is 25.6 Å². The number of rotatable bonds is 17. The van der Waals surface area contributed by atoms with E-state index in [4.69, 9.17) is 24.7 Å². The lowest BCUT2D eigenvalue weighted by Gasteiger charge is -2.29. The summed E-state index contributed by atoms with van der Waals surface area (Å²) in [6.45, 7) is 5.63. The number of hydrogen-bond acceptors (Lipinski definition) is 8. The number of ether oxygens (including phenoxy) is 4. The molecule has 0 bridgehead atoms. The number of imide groups is 1. The summed E-state index contributed by atoms with van der Waals surface area (Å²) in [6, 6.07) is 12.6. The Kier molecular flexibility index (Phi) is 13.5. The fourth-order valence-corrected chi connectivity index (χ4v) is 4.93. The second-order valence-electron chi connectivity index (χ2n) is 10.4. The monoisotopic (exact) mass is 603 g/mol. The minimum absolute atomic E-state index is 0. The number of unbranched alkanes of at least 4 members (excludes halogenated alkanes) is 2. The van der Waals surface area contributed by atoms with E-state index in [1.165, 1.54) is 4.90 Å². The molecule has 2 aliphatic heterocycles. The Hall–Kier alpha value is -3.18. The highest BCUT2D eigenvalue weighted by Crippen LogP contribution is 2.33. The molecule has 0 spiro atoms. The minimum atomic E-state index is -0.644. The number of nitrogens with zero attached hydrogens (tertiary/aromatic N) is 1. The molecule has 2 aliphatic rings. The quantitative estimate of drug-likeness (QED) is 0.205. The number of halogens is 1. The lowest BCUT2D eigenvalue weighted by molar-refractivity contribution is -0.136. The summed E-state index contributed by atoms with van der Waals surface area (Å²) in [6.07, 6.45) is 4.36. The van der Waals surface area contributed by atoms with Crippen LogP contribution >= 0.6 is 12.4 Å². The van der Waals surface area contributed by atoms with E-state index in [1.807, 2.05) is 37.3 Å². The van der Waals surface area contributed by atoms with Gasteiger partial charge in [-0.15, -0.1) is 12.4 Å². The first-order chi connectivity index (χ1) is 19.9. The Labute approximate surface area is 253 Å². The molecular formula is C31H42ClN3O7. The van der Waals surface area contributed by atoms with Gasteiger partial charge >= 0.3 is 0 Å². The van der Waals surface area contributed by atoms with Crippen LogP contribution < -0.4 is 20.5 Å². The molecule has 10 nitrogen and oxygen atoms in total. The van der Waals surface area contributed by atoms with Crippen molar-refractivity contribution >= 4 is 30.1 Å². The van der Waals surface area contributed by atoms with Crippen LogP contribution in [0.2, 0.25) is 0 Å². The molecule has 4 rings (SSSR count). The van der Waals surface area contributed by atoms with Crippen molar-refractivity contribution in [1.29, 1.82) is 0 Å². The summed E-state index contributed by atoms with van der Waals surface area (Å²) < 4.78 is 23.1. The Balaban J connectivity index is 0.00000484. The number of fused-ring (bicyclic) bond motifs is 1. The van der Waals surface area contributed by atoms with Crippen LogP contribution in [0.1, 0.15) is 73.0 Å². The van der Waals surface area contributed by atoms with Crippen molar-refractivity contribution in [2.75, 3.05) is 39.6 Å². The first-order valence-corrected chi connectivity index (χ1v) is 14.5. The minimum Gasteiger partial charge on any atom is -0.494 e. The number of benzene rings is 2. The second-order valence-corrected chi connectivity index (χ2v) is 10.4. The number of amides is 3. The second kappa shape index (κ2) is 17.1. The molecule has 42 heavy (non-hydrogen) atoms. The van der Waals surface area contributed by atoms with Crippen molar-refractivity contribution in [1.82, 2.24) is 10.2 Å². The molecule has 2 aromatic carbocycles. The third kappa shape index (κ3) is 9.42. The molecule has 11 heteroatoms.